The zero-order chi connectivity index (χ0) is 21.3. The minimum absolute atomic E-state index is 0. The summed E-state index contributed by atoms with van der Waals surface area (Å²) in [7, 11) is 4.68. The van der Waals surface area contributed by atoms with Crippen LogP contribution < -0.4 is 12.4 Å². The maximum atomic E-state index is 12.2. The standard InChI is InChI=1S/C24H51N2O2.ClH/c1-7-11-15-23(10-4)22-28-24(27)16-19-25(17-12-8-2)18-14-21-26(5,6)20-13-9-3;/h23H,7-22H2,1-6H3;1H/q+1;/p-1. The number of rotatable bonds is 19. The summed E-state index contributed by atoms with van der Waals surface area (Å²) in [5, 5.41) is 0. The van der Waals surface area contributed by atoms with Crippen LogP contribution in [0.2, 0.25) is 0 Å². The van der Waals surface area contributed by atoms with E-state index in [1.807, 2.05) is 0 Å². The van der Waals surface area contributed by atoms with Gasteiger partial charge in [0.1, 0.15) is 0 Å². The highest BCUT2D eigenvalue weighted by Crippen LogP contribution is 2.13. The summed E-state index contributed by atoms with van der Waals surface area (Å²) in [6, 6.07) is 0. The Morgan fingerprint density at radius 2 is 1.45 bits per heavy atom. The van der Waals surface area contributed by atoms with Crippen molar-refractivity contribution in [2.24, 2.45) is 5.92 Å². The van der Waals surface area contributed by atoms with Gasteiger partial charge < -0.3 is 26.5 Å². The molecule has 0 aliphatic heterocycles. The van der Waals surface area contributed by atoms with Crippen LogP contribution in [0.3, 0.4) is 0 Å². The second kappa shape index (κ2) is 19.6. The van der Waals surface area contributed by atoms with Gasteiger partial charge in [-0.05, 0) is 31.7 Å². The van der Waals surface area contributed by atoms with Gasteiger partial charge in [-0.15, -0.1) is 0 Å². The maximum Gasteiger partial charge on any atom is 0.307 e. The molecule has 0 fully saturated rings. The number of unbranched alkanes of at least 4 members (excludes halogenated alkanes) is 3. The number of hydrogen-bond donors (Lipinski definition) is 0. The molecule has 176 valence electrons. The lowest BCUT2D eigenvalue weighted by Crippen LogP contribution is -3.00. The molecule has 0 heterocycles. The third kappa shape index (κ3) is 18.2. The van der Waals surface area contributed by atoms with Crippen molar-refractivity contribution in [1.82, 2.24) is 4.90 Å². The van der Waals surface area contributed by atoms with Crippen LogP contribution in [0.1, 0.15) is 91.9 Å². The van der Waals surface area contributed by atoms with Gasteiger partial charge in [0.25, 0.3) is 0 Å². The van der Waals surface area contributed by atoms with Gasteiger partial charge in [0.05, 0.1) is 40.2 Å². The average molecular weight is 435 g/mol. The van der Waals surface area contributed by atoms with Crippen molar-refractivity contribution in [2.45, 2.75) is 91.9 Å². The summed E-state index contributed by atoms with van der Waals surface area (Å²) in [5.41, 5.74) is 0. The van der Waals surface area contributed by atoms with Crippen molar-refractivity contribution >= 4 is 5.97 Å². The van der Waals surface area contributed by atoms with Gasteiger partial charge in [0.2, 0.25) is 0 Å². The van der Waals surface area contributed by atoms with E-state index in [-0.39, 0.29) is 18.4 Å². The molecule has 4 nitrogen and oxygen atoms in total. The van der Waals surface area contributed by atoms with Gasteiger partial charge >= 0.3 is 5.97 Å². The largest absolute Gasteiger partial charge is 1.00 e. The van der Waals surface area contributed by atoms with Crippen LogP contribution in [-0.2, 0) is 9.53 Å². The number of esters is 1. The Morgan fingerprint density at radius 3 is 2.03 bits per heavy atom. The number of halogens is 1. The molecule has 29 heavy (non-hydrogen) atoms. The zero-order valence-electron chi connectivity index (χ0n) is 20.5. The predicted octanol–water partition coefficient (Wildman–Crippen LogP) is 2.51. The molecule has 0 bridgehead atoms. The Morgan fingerprint density at radius 1 is 0.862 bits per heavy atom. The summed E-state index contributed by atoms with van der Waals surface area (Å²) in [5.74, 6) is 0.513. The second-order valence-electron chi connectivity index (χ2n) is 9.13. The van der Waals surface area contributed by atoms with E-state index in [4.69, 9.17) is 4.74 Å². The van der Waals surface area contributed by atoms with Gasteiger partial charge in [-0.2, -0.15) is 0 Å². The van der Waals surface area contributed by atoms with E-state index in [9.17, 15) is 4.79 Å². The van der Waals surface area contributed by atoms with Gasteiger partial charge in [-0.25, -0.2) is 0 Å². The average Bonchev–Trinajstić information content (AvgIpc) is 2.68. The van der Waals surface area contributed by atoms with Crippen molar-refractivity contribution in [3.05, 3.63) is 0 Å². The number of carbonyl (C=O) groups is 1. The van der Waals surface area contributed by atoms with E-state index < -0.39 is 0 Å². The van der Waals surface area contributed by atoms with Crippen LogP contribution in [0.25, 0.3) is 0 Å². The molecule has 0 aromatic heterocycles. The minimum Gasteiger partial charge on any atom is -1.00 e. The molecule has 0 radical (unpaired) electrons. The highest BCUT2D eigenvalue weighted by molar-refractivity contribution is 5.69. The molecule has 1 atom stereocenters. The first-order valence-electron chi connectivity index (χ1n) is 12.1. The van der Waals surface area contributed by atoms with E-state index in [2.05, 4.69) is 46.7 Å². The third-order valence-corrected chi connectivity index (χ3v) is 5.84. The van der Waals surface area contributed by atoms with E-state index in [0.717, 1.165) is 30.5 Å². The summed E-state index contributed by atoms with van der Waals surface area (Å²) < 4.78 is 6.69. The predicted molar refractivity (Wildman–Crippen MR) is 122 cm³/mol. The first-order valence-corrected chi connectivity index (χ1v) is 12.1. The van der Waals surface area contributed by atoms with Crippen molar-refractivity contribution in [2.75, 3.05) is 53.4 Å². The van der Waals surface area contributed by atoms with Gasteiger partial charge in [-0.3, -0.25) is 4.79 Å². The maximum absolute atomic E-state index is 12.2. The van der Waals surface area contributed by atoms with Crippen molar-refractivity contribution in [1.29, 1.82) is 0 Å². The van der Waals surface area contributed by atoms with E-state index in [1.54, 1.807) is 0 Å². The summed E-state index contributed by atoms with van der Waals surface area (Å²) in [6.45, 7) is 15.0. The molecule has 0 spiro atoms. The monoisotopic (exact) mass is 434 g/mol. The molecule has 0 aliphatic rings. The fraction of sp³-hybridized carbons (Fsp3) is 0.958. The molecule has 0 rings (SSSR count). The van der Waals surface area contributed by atoms with Crippen LogP contribution >= 0.6 is 0 Å². The second-order valence-corrected chi connectivity index (χ2v) is 9.13. The molecule has 0 aromatic carbocycles. The molecule has 5 heteroatoms. The lowest BCUT2D eigenvalue weighted by atomic mass is 10.0. The molecule has 0 saturated heterocycles. The Balaban J connectivity index is 0. The Hall–Kier alpha value is -0.320. The lowest BCUT2D eigenvalue weighted by molar-refractivity contribution is -0.890. The van der Waals surface area contributed by atoms with Crippen LogP contribution in [0.5, 0.6) is 0 Å². The lowest BCUT2D eigenvalue weighted by Gasteiger charge is -2.31. The number of hydrogen-bond acceptors (Lipinski definition) is 3. The van der Waals surface area contributed by atoms with Crippen molar-refractivity contribution in [3.63, 3.8) is 0 Å². The van der Waals surface area contributed by atoms with Crippen LogP contribution in [0.4, 0.5) is 0 Å². The zero-order valence-corrected chi connectivity index (χ0v) is 21.2. The molecular formula is C24H51ClN2O2. The highest BCUT2D eigenvalue weighted by Gasteiger charge is 2.16. The molecule has 0 N–H and O–H groups in total. The minimum atomic E-state index is -0.0181. The van der Waals surface area contributed by atoms with Crippen molar-refractivity contribution in [3.8, 4) is 0 Å². The van der Waals surface area contributed by atoms with E-state index >= 15 is 0 Å². The first-order chi connectivity index (χ1) is 13.4. The first kappa shape index (κ1) is 30.9. The highest BCUT2D eigenvalue weighted by atomic mass is 35.5. The van der Waals surface area contributed by atoms with Crippen LogP contribution in [0, 0.1) is 5.92 Å². The Kier molecular flexibility index (Phi) is 20.9. The fourth-order valence-electron chi connectivity index (χ4n) is 3.57. The summed E-state index contributed by atoms with van der Waals surface area (Å²) in [4.78, 5) is 14.7. The van der Waals surface area contributed by atoms with Crippen LogP contribution in [0.15, 0.2) is 0 Å². The van der Waals surface area contributed by atoms with Crippen molar-refractivity contribution < 1.29 is 26.4 Å². The van der Waals surface area contributed by atoms with Gasteiger partial charge in [0, 0.05) is 19.5 Å². The molecule has 1 unspecified atom stereocenters. The third-order valence-electron chi connectivity index (χ3n) is 5.84. The van der Waals surface area contributed by atoms with E-state index in [0.29, 0.717) is 18.9 Å². The SMILES string of the molecule is CCCCC(CC)COC(=O)CCN(CCCC)CCC[N+](C)(C)CCCC.[Cl-]. The van der Waals surface area contributed by atoms with E-state index in [1.165, 1.54) is 64.5 Å². The summed E-state index contributed by atoms with van der Waals surface area (Å²) >= 11 is 0. The topological polar surface area (TPSA) is 29.5 Å². The molecule has 0 aromatic rings. The quantitative estimate of drug-likeness (QED) is 0.231. The molecule has 0 aliphatic carbocycles. The molecular weight excluding hydrogens is 384 g/mol. The fourth-order valence-corrected chi connectivity index (χ4v) is 3.57. The van der Waals surface area contributed by atoms with Gasteiger partial charge in [-0.1, -0.05) is 59.8 Å². The smallest absolute Gasteiger partial charge is 0.307 e. The number of carbonyl (C=O) groups excluding carboxylic acids is 1. The number of ether oxygens (including phenoxy) is 1. The number of quaternary nitrogens is 1. The Bertz CT molecular complexity index is 378. The summed E-state index contributed by atoms with van der Waals surface area (Å²) in [6.07, 6.45) is 11.4. The van der Waals surface area contributed by atoms with Gasteiger partial charge in [0.15, 0.2) is 0 Å². The Labute approximate surface area is 188 Å². The number of nitrogens with zero attached hydrogens (tertiary/aromatic N) is 2. The van der Waals surface area contributed by atoms with Crippen LogP contribution in [-0.4, -0.2) is 68.8 Å². The molecule has 0 amide bonds. The normalized spacial score (nSPS) is 12.7. The molecule has 0 saturated carbocycles.